The van der Waals surface area contributed by atoms with E-state index in [2.05, 4.69) is 49.0 Å². The van der Waals surface area contributed by atoms with Gasteiger partial charge in [0.2, 0.25) is 0 Å². The molecule has 4 heterocycles. The van der Waals surface area contributed by atoms with E-state index in [1.165, 1.54) is 43.5 Å². The van der Waals surface area contributed by atoms with Crippen LogP contribution in [0, 0.1) is 5.92 Å². The molecule has 0 aromatic carbocycles. The van der Waals surface area contributed by atoms with Crippen molar-refractivity contribution in [3.63, 3.8) is 0 Å². The maximum atomic E-state index is 5.78. The molecule has 2 fully saturated rings. The van der Waals surface area contributed by atoms with Gasteiger partial charge >= 0.3 is 0 Å². The van der Waals surface area contributed by atoms with Crippen molar-refractivity contribution in [1.82, 2.24) is 20.4 Å². The molecule has 178 valence electrons. The Kier molecular flexibility index (Phi) is 10.8. The largest absolute Gasteiger partial charge is 0.468 e. The fourth-order valence-electron chi connectivity index (χ4n) is 4.86. The molecule has 32 heavy (non-hydrogen) atoms. The molecule has 0 amide bonds. The first kappa shape index (κ1) is 25.5. The van der Waals surface area contributed by atoms with E-state index < -0.39 is 0 Å². The van der Waals surface area contributed by atoms with Crippen molar-refractivity contribution in [2.24, 2.45) is 10.9 Å². The minimum absolute atomic E-state index is 0. The van der Waals surface area contributed by atoms with Crippen LogP contribution in [0.15, 0.2) is 45.3 Å². The maximum Gasteiger partial charge on any atom is 0.191 e. The minimum atomic E-state index is 0. The number of piperidine rings is 2. The van der Waals surface area contributed by atoms with Crippen molar-refractivity contribution in [3.8, 4) is 0 Å². The van der Waals surface area contributed by atoms with Gasteiger partial charge in [-0.15, -0.1) is 35.3 Å². The topological polar surface area (TPSA) is 56.0 Å². The first-order valence-electron chi connectivity index (χ1n) is 11.8. The van der Waals surface area contributed by atoms with E-state index in [1.54, 1.807) is 6.26 Å². The highest BCUT2D eigenvalue weighted by molar-refractivity contribution is 14.0. The van der Waals surface area contributed by atoms with E-state index in [4.69, 9.17) is 4.42 Å². The first-order valence-corrected chi connectivity index (χ1v) is 12.7. The summed E-state index contributed by atoms with van der Waals surface area (Å²) in [5, 5.41) is 9.33. The number of thiophene rings is 1. The van der Waals surface area contributed by atoms with Crippen molar-refractivity contribution in [3.05, 3.63) is 46.5 Å². The van der Waals surface area contributed by atoms with Crippen LogP contribution < -0.4 is 10.6 Å². The van der Waals surface area contributed by atoms with Crippen LogP contribution in [0.25, 0.3) is 0 Å². The van der Waals surface area contributed by atoms with Gasteiger partial charge in [0.15, 0.2) is 5.96 Å². The van der Waals surface area contributed by atoms with E-state index in [9.17, 15) is 0 Å². The van der Waals surface area contributed by atoms with Crippen LogP contribution in [0.1, 0.15) is 48.8 Å². The van der Waals surface area contributed by atoms with Gasteiger partial charge in [-0.05, 0) is 74.8 Å². The van der Waals surface area contributed by atoms with Crippen LogP contribution in [-0.4, -0.2) is 62.1 Å². The van der Waals surface area contributed by atoms with Gasteiger partial charge in [-0.2, -0.15) is 0 Å². The van der Waals surface area contributed by atoms with E-state index in [0.717, 1.165) is 51.0 Å². The van der Waals surface area contributed by atoms with Crippen molar-refractivity contribution in [2.75, 3.05) is 46.3 Å². The lowest BCUT2D eigenvalue weighted by molar-refractivity contribution is 0.146. The van der Waals surface area contributed by atoms with Crippen LogP contribution in [-0.2, 0) is 6.54 Å². The summed E-state index contributed by atoms with van der Waals surface area (Å²) in [6, 6.07) is 8.74. The zero-order valence-electron chi connectivity index (χ0n) is 19.2. The van der Waals surface area contributed by atoms with Crippen molar-refractivity contribution < 1.29 is 4.42 Å². The zero-order valence-corrected chi connectivity index (χ0v) is 22.3. The van der Waals surface area contributed by atoms with Gasteiger partial charge in [-0.3, -0.25) is 14.8 Å². The number of guanidine groups is 1. The normalized spacial score (nSPS) is 21.7. The molecule has 2 saturated heterocycles. The van der Waals surface area contributed by atoms with Crippen LogP contribution >= 0.6 is 35.3 Å². The standard InChI is InChI=1S/C24H37N5OS.HI/c1-25-24(26-16-20-8-5-11-28(18-20)19-21-9-7-15-31-21)27-17-22(23-10-6-14-30-23)29-12-3-2-4-13-29;/h6-7,9-10,14-15,20,22H,2-5,8,11-13,16-19H2,1H3,(H2,25,26,27);1H. The third-order valence-electron chi connectivity index (χ3n) is 6.51. The number of furan rings is 1. The molecular formula is C24H38IN5OS. The number of nitrogens with zero attached hydrogens (tertiary/aromatic N) is 3. The lowest BCUT2D eigenvalue weighted by atomic mass is 9.98. The maximum absolute atomic E-state index is 5.78. The van der Waals surface area contributed by atoms with E-state index in [0.29, 0.717) is 5.92 Å². The molecule has 2 unspecified atom stereocenters. The molecule has 2 aromatic rings. The fraction of sp³-hybridized carbons (Fsp3) is 0.625. The lowest BCUT2D eigenvalue weighted by Crippen LogP contribution is -2.47. The molecule has 0 radical (unpaired) electrons. The van der Waals surface area contributed by atoms with Crippen molar-refractivity contribution in [1.29, 1.82) is 0 Å². The third-order valence-corrected chi connectivity index (χ3v) is 7.37. The summed E-state index contributed by atoms with van der Waals surface area (Å²) >= 11 is 1.86. The summed E-state index contributed by atoms with van der Waals surface area (Å²) in [4.78, 5) is 11.1. The van der Waals surface area contributed by atoms with Crippen LogP contribution in [0.2, 0.25) is 0 Å². The summed E-state index contributed by atoms with van der Waals surface area (Å²) < 4.78 is 5.78. The second-order valence-corrected chi connectivity index (χ2v) is 9.82. The Morgan fingerprint density at radius 3 is 2.75 bits per heavy atom. The third kappa shape index (κ3) is 7.46. The molecular weight excluding hydrogens is 533 g/mol. The van der Waals surface area contributed by atoms with E-state index in [-0.39, 0.29) is 30.0 Å². The highest BCUT2D eigenvalue weighted by Gasteiger charge is 2.25. The Morgan fingerprint density at radius 1 is 1.16 bits per heavy atom. The second kappa shape index (κ2) is 13.6. The Bertz CT molecular complexity index is 776. The highest BCUT2D eigenvalue weighted by atomic mass is 127. The van der Waals surface area contributed by atoms with Gasteiger partial charge in [0.05, 0.1) is 12.3 Å². The molecule has 0 bridgehead atoms. The number of rotatable bonds is 8. The summed E-state index contributed by atoms with van der Waals surface area (Å²) in [6.07, 6.45) is 8.22. The second-order valence-electron chi connectivity index (χ2n) is 8.78. The lowest BCUT2D eigenvalue weighted by Gasteiger charge is -2.34. The highest BCUT2D eigenvalue weighted by Crippen LogP contribution is 2.24. The predicted molar refractivity (Wildman–Crippen MR) is 144 cm³/mol. The van der Waals surface area contributed by atoms with Gasteiger partial charge in [-0.25, -0.2) is 0 Å². The van der Waals surface area contributed by atoms with Gasteiger partial charge in [-0.1, -0.05) is 12.5 Å². The fourth-order valence-corrected chi connectivity index (χ4v) is 5.61. The van der Waals surface area contributed by atoms with Crippen LogP contribution in [0.4, 0.5) is 0 Å². The number of nitrogens with one attached hydrogen (secondary N) is 2. The smallest absolute Gasteiger partial charge is 0.191 e. The monoisotopic (exact) mass is 571 g/mol. The molecule has 0 spiro atoms. The van der Waals surface area contributed by atoms with Gasteiger partial charge in [0.1, 0.15) is 5.76 Å². The summed E-state index contributed by atoms with van der Waals surface area (Å²) in [6.45, 7) is 7.51. The van der Waals surface area contributed by atoms with Gasteiger partial charge in [0, 0.05) is 38.1 Å². The Morgan fingerprint density at radius 2 is 2.03 bits per heavy atom. The Balaban J connectivity index is 0.00000289. The van der Waals surface area contributed by atoms with Gasteiger partial charge < -0.3 is 15.1 Å². The SMILES string of the molecule is CN=C(NCC1CCCN(Cc2cccs2)C1)NCC(c1ccco1)N1CCCCC1.I. The molecule has 2 aliphatic heterocycles. The van der Waals surface area contributed by atoms with Crippen LogP contribution in [0.5, 0.6) is 0 Å². The number of likely N-dealkylation sites (tertiary alicyclic amines) is 2. The summed E-state index contributed by atoms with van der Waals surface area (Å²) in [5.41, 5.74) is 0. The first-order chi connectivity index (χ1) is 15.3. The van der Waals surface area contributed by atoms with Crippen molar-refractivity contribution >= 4 is 41.3 Å². The molecule has 0 saturated carbocycles. The number of halogens is 1. The summed E-state index contributed by atoms with van der Waals surface area (Å²) in [7, 11) is 1.86. The quantitative estimate of drug-likeness (QED) is 0.277. The van der Waals surface area contributed by atoms with Crippen molar-refractivity contribution in [2.45, 2.75) is 44.7 Å². The molecule has 0 aliphatic carbocycles. The minimum Gasteiger partial charge on any atom is -0.468 e. The average Bonchev–Trinajstić information content (AvgIpc) is 3.52. The molecule has 2 atom stereocenters. The number of hydrogen-bond acceptors (Lipinski definition) is 5. The van der Waals surface area contributed by atoms with Gasteiger partial charge in [0.25, 0.3) is 0 Å². The average molecular weight is 572 g/mol. The Hall–Kier alpha value is -1.10. The van der Waals surface area contributed by atoms with E-state index in [1.807, 2.05) is 24.5 Å². The number of hydrogen-bond donors (Lipinski definition) is 2. The number of aliphatic imine (C=N–C) groups is 1. The Labute approximate surface area is 213 Å². The molecule has 6 nitrogen and oxygen atoms in total. The molecule has 4 rings (SSSR count). The van der Waals surface area contributed by atoms with Crippen LogP contribution in [0.3, 0.4) is 0 Å². The zero-order chi connectivity index (χ0) is 21.3. The molecule has 2 aromatic heterocycles. The van der Waals surface area contributed by atoms with E-state index >= 15 is 0 Å². The molecule has 8 heteroatoms. The summed E-state index contributed by atoms with van der Waals surface area (Å²) in [5.74, 6) is 2.60. The molecule has 2 N–H and O–H groups in total. The predicted octanol–water partition coefficient (Wildman–Crippen LogP) is 4.56. The molecule has 2 aliphatic rings.